The number of hydrogen-bond donors (Lipinski definition) is 3. The van der Waals surface area contributed by atoms with Crippen LogP contribution in [-0.2, 0) is 10.1 Å². The van der Waals surface area contributed by atoms with Crippen molar-refractivity contribution in [3.05, 3.63) is 71.9 Å². The Morgan fingerprint density at radius 1 is 1.04 bits per heavy atom. The number of H-pyrrole nitrogens is 1. The van der Waals surface area contributed by atoms with Crippen LogP contribution in [0.3, 0.4) is 0 Å². The van der Waals surface area contributed by atoms with Gasteiger partial charge in [-0.2, -0.15) is 21.6 Å². The Labute approximate surface area is 160 Å². The fourth-order valence-corrected chi connectivity index (χ4v) is 1.98. The third-order valence-corrected chi connectivity index (χ3v) is 3.16. The van der Waals surface area contributed by atoms with E-state index in [0.29, 0.717) is 6.26 Å². The number of hydrogen-bond acceptors (Lipinski definition) is 4. The fourth-order valence-electron chi connectivity index (χ4n) is 1.98. The Kier molecular flexibility index (Phi) is 8.20. The molecule has 3 rings (SSSR count). The molecule has 0 unspecified atom stereocenters. The van der Waals surface area contributed by atoms with E-state index in [2.05, 4.69) is 28.3 Å². The molecule has 0 radical (unpaired) electrons. The van der Waals surface area contributed by atoms with E-state index < -0.39 is 22.0 Å². The monoisotopic (exact) mass is 416 g/mol. The molecule has 0 atom stereocenters. The van der Waals surface area contributed by atoms with Crippen LogP contribution in [0.5, 0.6) is 0 Å². The van der Waals surface area contributed by atoms with E-state index in [0.717, 1.165) is 5.56 Å². The van der Waals surface area contributed by atoms with Crippen LogP contribution < -0.4 is 0 Å². The molecule has 6 nitrogen and oxygen atoms in total. The number of aromatic nitrogens is 1. The van der Waals surface area contributed by atoms with Gasteiger partial charge in [0.25, 0.3) is 10.1 Å². The van der Waals surface area contributed by atoms with Crippen molar-refractivity contribution in [2.75, 3.05) is 6.26 Å². The number of aromatic amines is 1. The Morgan fingerprint density at radius 2 is 1.57 bits per heavy atom. The van der Waals surface area contributed by atoms with Gasteiger partial charge in [0, 0.05) is 17.3 Å². The van der Waals surface area contributed by atoms with Gasteiger partial charge in [-0.15, -0.1) is 0 Å². The van der Waals surface area contributed by atoms with Crippen molar-refractivity contribution < 1.29 is 31.3 Å². The van der Waals surface area contributed by atoms with Crippen LogP contribution in [0.15, 0.2) is 65.9 Å². The molecule has 0 amide bonds. The average molecular weight is 416 g/mol. The van der Waals surface area contributed by atoms with Crippen LogP contribution in [0, 0.1) is 6.92 Å². The molecule has 0 bridgehead atoms. The highest BCUT2D eigenvalue weighted by Crippen LogP contribution is 2.22. The standard InChI is InChI=1S/C9H8F3NO.C8H7N.CH4O3S/c1-6-2-4-7(5-3-6)8(13-14)9(10,11)12;1-2-4-8-7(3-1)5-6-9-8;1-5(2,3)4/h2-5,14H,1H3;1-6,9H;1H3,(H,2,3,4). The zero-order chi connectivity index (χ0) is 21.4. The van der Waals surface area contributed by atoms with E-state index >= 15 is 0 Å². The molecule has 2 aromatic carbocycles. The number of halogens is 3. The summed E-state index contributed by atoms with van der Waals surface area (Å²) in [7, 11) is -3.67. The number of aryl methyl sites for hydroxylation is 1. The summed E-state index contributed by atoms with van der Waals surface area (Å²) >= 11 is 0. The topological polar surface area (TPSA) is 103 Å². The van der Waals surface area contributed by atoms with Gasteiger partial charge in [-0.05, 0) is 24.4 Å². The van der Waals surface area contributed by atoms with Gasteiger partial charge in [0.2, 0.25) is 0 Å². The molecule has 28 heavy (non-hydrogen) atoms. The van der Waals surface area contributed by atoms with Crippen molar-refractivity contribution in [3.8, 4) is 0 Å². The molecule has 152 valence electrons. The maximum atomic E-state index is 12.2. The van der Waals surface area contributed by atoms with Gasteiger partial charge >= 0.3 is 6.18 Å². The largest absolute Gasteiger partial charge is 0.437 e. The Hall–Kier alpha value is -2.85. The summed E-state index contributed by atoms with van der Waals surface area (Å²) in [6, 6.07) is 15.8. The zero-order valence-corrected chi connectivity index (χ0v) is 15.8. The molecular weight excluding hydrogens is 397 g/mol. The van der Waals surface area contributed by atoms with E-state index in [1.807, 2.05) is 18.3 Å². The molecule has 0 saturated carbocycles. The van der Waals surface area contributed by atoms with Gasteiger partial charge in [0.05, 0.1) is 6.26 Å². The third kappa shape index (κ3) is 8.69. The number of rotatable bonds is 1. The minimum atomic E-state index is -4.63. The minimum absolute atomic E-state index is 0.148. The lowest BCUT2D eigenvalue weighted by molar-refractivity contribution is -0.0601. The van der Waals surface area contributed by atoms with Crippen molar-refractivity contribution >= 4 is 26.7 Å². The number of nitrogens with zero attached hydrogens (tertiary/aromatic N) is 1. The molecule has 3 N–H and O–H groups in total. The number of oxime groups is 1. The summed E-state index contributed by atoms with van der Waals surface area (Å²) in [6.07, 6.45) is -1.97. The fraction of sp³-hybridized carbons (Fsp3) is 0.167. The SMILES string of the molecule is CS(=O)(=O)O.Cc1ccc(C(=NO)C(F)(F)F)cc1.c1ccc2[nH]ccc2c1. The quantitative estimate of drug-likeness (QED) is 0.237. The number of fused-ring (bicyclic) bond motifs is 1. The Morgan fingerprint density at radius 3 is 2.04 bits per heavy atom. The lowest BCUT2D eigenvalue weighted by atomic mass is 10.1. The van der Waals surface area contributed by atoms with E-state index in [1.165, 1.54) is 35.2 Å². The molecule has 0 aliphatic heterocycles. The van der Waals surface area contributed by atoms with Crippen LogP contribution in [0.1, 0.15) is 11.1 Å². The highest BCUT2D eigenvalue weighted by atomic mass is 32.2. The number of alkyl halides is 3. The van der Waals surface area contributed by atoms with Gasteiger partial charge < -0.3 is 10.2 Å². The van der Waals surface area contributed by atoms with Crippen molar-refractivity contribution in [2.45, 2.75) is 13.1 Å². The summed E-state index contributed by atoms with van der Waals surface area (Å²) in [4.78, 5) is 3.12. The van der Waals surface area contributed by atoms with Crippen molar-refractivity contribution in [1.29, 1.82) is 0 Å². The summed E-state index contributed by atoms with van der Waals surface area (Å²) in [5.41, 5.74) is 0.619. The number of benzene rings is 2. The lowest BCUT2D eigenvalue weighted by Gasteiger charge is -2.08. The first-order chi connectivity index (χ1) is 12.9. The van der Waals surface area contributed by atoms with Gasteiger partial charge in [-0.3, -0.25) is 4.55 Å². The van der Waals surface area contributed by atoms with Gasteiger partial charge in [-0.25, -0.2) is 0 Å². The van der Waals surface area contributed by atoms with Crippen LogP contribution in [0.4, 0.5) is 13.2 Å². The Balaban J connectivity index is 0.000000238. The van der Waals surface area contributed by atoms with Gasteiger partial charge in [0.1, 0.15) is 0 Å². The smallest absolute Gasteiger partial charge is 0.410 e. The maximum absolute atomic E-state index is 12.2. The second kappa shape index (κ2) is 9.90. The van der Waals surface area contributed by atoms with Crippen LogP contribution in [-0.4, -0.2) is 41.3 Å². The molecule has 1 aromatic heterocycles. The van der Waals surface area contributed by atoms with E-state index in [1.54, 1.807) is 6.92 Å². The summed E-state index contributed by atoms with van der Waals surface area (Å²) in [5.74, 6) is 0. The van der Waals surface area contributed by atoms with Gasteiger partial charge in [-0.1, -0.05) is 53.2 Å². The summed E-state index contributed by atoms with van der Waals surface area (Å²) < 4.78 is 62.5. The van der Waals surface area contributed by atoms with E-state index in [9.17, 15) is 21.6 Å². The molecular formula is C18H19F3N2O4S. The van der Waals surface area contributed by atoms with Crippen LogP contribution in [0.25, 0.3) is 10.9 Å². The molecule has 0 fully saturated rings. The predicted octanol–water partition coefficient (Wildman–Crippen LogP) is 4.41. The molecule has 3 aromatic rings. The average Bonchev–Trinajstić information content (AvgIpc) is 3.04. The Bertz CT molecular complexity index is 973. The molecule has 0 aliphatic rings. The second-order valence-electron chi connectivity index (χ2n) is 5.61. The molecule has 0 saturated heterocycles. The molecule has 0 aliphatic carbocycles. The van der Waals surface area contributed by atoms with Crippen molar-refractivity contribution in [3.63, 3.8) is 0 Å². The first-order valence-electron chi connectivity index (χ1n) is 7.72. The molecule has 0 spiro atoms. The zero-order valence-electron chi connectivity index (χ0n) is 15.0. The molecule has 1 heterocycles. The van der Waals surface area contributed by atoms with Crippen LogP contribution in [0.2, 0.25) is 0 Å². The number of para-hydroxylation sites is 1. The number of nitrogens with one attached hydrogen (secondary N) is 1. The van der Waals surface area contributed by atoms with Crippen molar-refractivity contribution in [2.24, 2.45) is 5.16 Å². The van der Waals surface area contributed by atoms with Crippen molar-refractivity contribution in [1.82, 2.24) is 4.98 Å². The highest BCUT2D eigenvalue weighted by Gasteiger charge is 2.37. The normalized spacial score (nSPS) is 11.9. The van der Waals surface area contributed by atoms with E-state index in [4.69, 9.17) is 9.76 Å². The second-order valence-corrected chi connectivity index (χ2v) is 7.08. The first kappa shape index (κ1) is 23.2. The molecule has 10 heteroatoms. The first-order valence-corrected chi connectivity index (χ1v) is 9.57. The van der Waals surface area contributed by atoms with Crippen LogP contribution >= 0.6 is 0 Å². The van der Waals surface area contributed by atoms with E-state index in [-0.39, 0.29) is 5.56 Å². The van der Waals surface area contributed by atoms with Gasteiger partial charge in [0.15, 0.2) is 5.71 Å². The summed E-state index contributed by atoms with van der Waals surface area (Å²) in [6.45, 7) is 1.76. The lowest BCUT2D eigenvalue weighted by Crippen LogP contribution is -2.23. The highest BCUT2D eigenvalue weighted by molar-refractivity contribution is 7.85. The minimum Gasteiger partial charge on any atom is -0.410 e. The third-order valence-electron chi connectivity index (χ3n) is 3.16. The maximum Gasteiger partial charge on any atom is 0.437 e. The predicted molar refractivity (Wildman–Crippen MR) is 101 cm³/mol. The summed E-state index contributed by atoms with van der Waals surface area (Å²) in [5, 5.41) is 11.8.